The molecule has 0 spiro atoms. The van der Waals surface area contributed by atoms with E-state index >= 15 is 0 Å². The third kappa shape index (κ3) is 6.89. The van der Waals surface area contributed by atoms with Crippen LogP contribution in [-0.4, -0.2) is 5.78 Å². The van der Waals surface area contributed by atoms with Crippen molar-refractivity contribution in [1.29, 1.82) is 0 Å². The first-order valence-corrected chi connectivity index (χ1v) is 2.73. The van der Waals surface area contributed by atoms with E-state index in [1.165, 1.54) is 13.0 Å². The molecule has 9 heavy (non-hydrogen) atoms. The highest BCUT2D eigenvalue weighted by molar-refractivity contribution is 5.87. The Morgan fingerprint density at radius 3 is 2.44 bits per heavy atom. The van der Waals surface area contributed by atoms with E-state index < -0.39 is 0 Å². The van der Waals surface area contributed by atoms with Crippen molar-refractivity contribution < 1.29 is 4.79 Å². The Balaban J connectivity index is 3.59. The molecule has 0 unspecified atom stereocenters. The van der Waals surface area contributed by atoms with Crippen molar-refractivity contribution >= 4 is 5.78 Å². The molecule has 0 aliphatic rings. The molecule has 0 N–H and O–H groups in total. The van der Waals surface area contributed by atoms with Crippen molar-refractivity contribution in [3.05, 3.63) is 37.0 Å². The molecular weight excluding hydrogens is 112 g/mol. The molecule has 0 saturated carbocycles. The molecule has 0 atom stereocenters. The summed E-state index contributed by atoms with van der Waals surface area (Å²) < 4.78 is 0. The van der Waals surface area contributed by atoms with Crippen molar-refractivity contribution in [3.8, 4) is 0 Å². The Labute approximate surface area is 55.4 Å². The summed E-state index contributed by atoms with van der Waals surface area (Å²) in [4.78, 5) is 10.3. The molecule has 0 aromatic heterocycles. The summed E-state index contributed by atoms with van der Waals surface area (Å²) in [6, 6.07) is 0. The summed E-state index contributed by atoms with van der Waals surface area (Å²) in [5.41, 5.74) is 0. The van der Waals surface area contributed by atoms with E-state index in [-0.39, 0.29) is 5.78 Å². The van der Waals surface area contributed by atoms with Crippen LogP contribution in [0.5, 0.6) is 0 Å². The van der Waals surface area contributed by atoms with Crippen LogP contribution in [0.2, 0.25) is 0 Å². The number of carbonyl (C=O) groups excluding carboxylic acids is 1. The molecular formula is C8H10O. The molecule has 0 aromatic carbocycles. The molecule has 0 aromatic rings. The average molecular weight is 122 g/mol. The zero-order chi connectivity index (χ0) is 7.11. The summed E-state index contributed by atoms with van der Waals surface area (Å²) in [5.74, 6) is 0.0590. The molecule has 1 nitrogen and oxygen atoms in total. The zero-order valence-corrected chi connectivity index (χ0v) is 5.50. The van der Waals surface area contributed by atoms with Crippen molar-refractivity contribution in [1.82, 2.24) is 0 Å². The highest BCUT2D eigenvalue weighted by atomic mass is 16.1. The Morgan fingerprint density at radius 2 is 2.00 bits per heavy atom. The minimum absolute atomic E-state index is 0.0590. The van der Waals surface area contributed by atoms with E-state index in [2.05, 4.69) is 6.58 Å². The van der Waals surface area contributed by atoms with E-state index in [0.29, 0.717) is 0 Å². The summed E-state index contributed by atoms with van der Waals surface area (Å²) >= 11 is 0. The number of hydrogen-bond donors (Lipinski definition) is 0. The van der Waals surface area contributed by atoms with Gasteiger partial charge in [0.25, 0.3) is 0 Å². The van der Waals surface area contributed by atoms with E-state index in [9.17, 15) is 4.79 Å². The Bertz CT molecular complexity index is 152. The van der Waals surface area contributed by atoms with Crippen LogP contribution in [0.25, 0.3) is 0 Å². The van der Waals surface area contributed by atoms with Gasteiger partial charge in [0.1, 0.15) is 0 Å². The monoisotopic (exact) mass is 122 g/mol. The molecule has 0 bridgehead atoms. The van der Waals surface area contributed by atoms with Crippen molar-refractivity contribution in [2.24, 2.45) is 0 Å². The fourth-order valence-electron chi connectivity index (χ4n) is 0.334. The zero-order valence-electron chi connectivity index (χ0n) is 5.50. The normalized spacial score (nSPS) is 10.8. The first-order chi connectivity index (χ1) is 4.27. The fraction of sp³-hybridized carbons (Fsp3) is 0.125. The third-order valence-corrected chi connectivity index (χ3v) is 0.689. The summed E-state index contributed by atoms with van der Waals surface area (Å²) in [7, 11) is 0. The highest BCUT2D eigenvalue weighted by Gasteiger charge is 1.75. The predicted octanol–water partition coefficient (Wildman–Crippen LogP) is 1.87. The van der Waals surface area contributed by atoms with Crippen LogP contribution in [0.15, 0.2) is 37.0 Å². The van der Waals surface area contributed by atoms with Gasteiger partial charge in [-0.1, -0.05) is 30.9 Å². The molecule has 1 heteroatoms. The molecule has 0 aliphatic heterocycles. The molecule has 0 heterocycles. The van der Waals surface area contributed by atoms with Gasteiger partial charge in [0.2, 0.25) is 0 Å². The van der Waals surface area contributed by atoms with Gasteiger partial charge in [-0.3, -0.25) is 4.79 Å². The van der Waals surface area contributed by atoms with Crippen LogP contribution in [0, 0.1) is 0 Å². The van der Waals surface area contributed by atoms with Crippen LogP contribution in [0.3, 0.4) is 0 Å². The van der Waals surface area contributed by atoms with Gasteiger partial charge in [-0.05, 0) is 13.0 Å². The number of rotatable bonds is 3. The van der Waals surface area contributed by atoms with Gasteiger partial charge in [-0.2, -0.15) is 0 Å². The van der Waals surface area contributed by atoms with Gasteiger partial charge in [0.15, 0.2) is 5.78 Å². The quantitative estimate of drug-likeness (QED) is 0.412. The summed E-state index contributed by atoms with van der Waals surface area (Å²) in [6.07, 6.45) is 8.36. The lowest BCUT2D eigenvalue weighted by atomic mass is 10.3. The lowest BCUT2D eigenvalue weighted by molar-refractivity contribution is -0.112. The van der Waals surface area contributed by atoms with E-state index in [4.69, 9.17) is 0 Å². The number of ketones is 1. The molecule has 0 aliphatic carbocycles. The van der Waals surface area contributed by atoms with Gasteiger partial charge >= 0.3 is 0 Å². The average Bonchev–Trinajstić information content (AvgIpc) is 1.80. The first kappa shape index (κ1) is 7.89. The van der Waals surface area contributed by atoms with Crippen LogP contribution < -0.4 is 0 Å². The fourth-order valence-corrected chi connectivity index (χ4v) is 0.334. The largest absolute Gasteiger partial charge is 0.295 e. The van der Waals surface area contributed by atoms with Gasteiger partial charge in [0, 0.05) is 0 Å². The molecule has 0 rings (SSSR count). The topological polar surface area (TPSA) is 17.1 Å². The highest BCUT2D eigenvalue weighted by Crippen LogP contribution is 1.78. The van der Waals surface area contributed by atoms with Gasteiger partial charge < -0.3 is 0 Å². The number of hydrogen-bond acceptors (Lipinski definition) is 1. The molecule has 0 radical (unpaired) electrons. The molecule has 48 valence electrons. The van der Waals surface area contributed by atoms with Gasteiger partial charge in [0.05, 0.1) is 0 Å². The van der Waals surface area contributed by atoms with Crippen molar-refractivity contribution in [2.45, 2.75) is 6.92 Å². The minimum Gasteiger partial charge on any atom is -0.295 e. The van der Waals surface area contributed by atoms with Crippen LogP contribution in [0.1, 0.15) is 6.92 Å². The maximum Gasteiger partial charge on any atom is 0.152 e. The van der Waals surface area contributed by atoms with Crippen molar-refractivity contribution in [3.63, 3.8) is 0 Å². The number of allylic oxidation sites excluding steroid dienone is 5. The van der Waals surface area contributed by atoms with E-state index in [1.54, 1.807) is 24.3 Å². The maximum absolute atomic E-state index is 10.3. The predicted molar refractivity (Wildman–Crippen MR) is 39.2 cm³/mol. The number of carbonyl (C=O) groups is 1. The third-order valence-electron chi connectivity index (χ3n) is 0.689. The second-order valence-electron chi connectivity index (χ2n) is 1.59. The van der Waals surface area contributed by atoms with E-state index in [1.807, 2.05) is 0 Å². The molecule has 0 fully saturated rings. The summed E-state index contributed by atoms with van der Waals surface area (Å²) in [6.45, 7) is 4.98. The molecule has 0 saturated heterocycles. The lowest BCUT2D eigenvalue weighted by Gasteiger charge is -1.72. The van der Waals surface area contributed by atoms with Crippen LogP contribution in [0.4, 0.5) is 0 Å². The maximum atomic E-state index is 10.3. The molecule has 0 amide bonds. The Hall–Kier alpha value is -1.11. The second kappa shape index (κ2) is 5.04. The second-order valence-corrected chi connectivity index (χ2v) is 1.59. The smallest absolute Gasteiger partial charge is 0.152 e. The van der Waals surface area contributed by atoms with Crippen LogP contribution in [-0.2, 0) is 4.79 Å². The Morgan fingerprint density at radius 1 is 1.33 bits per heavy atom. The first-order valence-electron chi connectivity index (χ1n) is 2.73. The SMILES string of the molecule is C=CC=C/C=C/C(C)=O. The lowest BCUT2D eigenvalue weighted by Crippen LogP contribution is -1.77. The van der Waals surface area contributed by atoms with Crippen molar-refractivity contribution in [2.75, 3.05) is 0 Å². The Kier molecular flexibility index (Phi) is 4.41. The minimum atomic E-state index is 0.0590. The van der Waals surface area contributed by atoms with Gasteiger partial charge in [-0.25, -0.2) is 0 Å². The standard InChI is InChI=1S/C8H10O/c1-3-4-5-6-7-8(2)9/h3-7H,1H2,2H3/b5-4?,7-6+. The van der Waals surface area contributed by atoms with Crippen LogP contribution >= 0.6 is 0 Å². The van der Waals surface area contributed by atoms with Gasteiger partial charge in [-0.15, -0.1) is 0 Å². The van der Waals surface area contributed by atoms with E-state index in [0.717, 1.165) is 0 Å². The summed E-state index contributed by atoms with van der Waals surface area (Å²) in [5, 5.41) is 0.